The van der Waals surface area contributed by atoms with Gasteiger partial charge in [0.2, 0.25) is 0 Å². The van der Waals surface area contributed by atoms with Crippen LogP contribution in [0.1, 0.15) is 0 Å². The lowest BCUT2D eigenvalue weighted by Crippen LogP contribution is -1.94. The second kappa shape index (κ2) is 9.36. The average Bonchev–Trinajstić information content (AvgIpc) is 3.75. The molecule has 0 N–H and O–H groups in total. The van der Waals surface area contributed by atoms with E-state index in [4.69, 9.17) is 9.97 Å². The summed E-state index contributed by atoms with van der Waals surface area (Å²) >= 11 is 1.72. The number of fused-ring (bicyclic) bond motifs is 10. The highest BCUT2D eigenvalue weighted by Crippen LogP contribution is 2.43. The Morgan fingerprint density at radius 3 is 1.78 bits per heavy atom. The van der Waals surface area contributed by atoms with Crippen molar-refractivity contribution >= 4 is 75.3 Å². The van der Waals surface area contributed by atoms with Gasteiger partial charge in [0, 0.05) is 60.2 Å². The lowest BCUT2D eigenvalue weighted by molar-refractivity contribution is 1.17. The molecular weight excluding hydrogens is 569 g/mol. The maximum absolute atomic E-state index is 5.09. The van der Waals surface area contributed by atoms with Gasteiger partial charge in [-0.1, -0.05) is 72.8 Å². The molecule has 4 nitrogen and oxygen atoms in total. The maximum Gasteiger partial charge on any atom is 0.160 e. The topological polar surface area (TPSA) is 35.6 Å². The van der Waals surface area contributed by atoms with Gasteiger partial charge in [-0.3, -0.25) is 0 Å². The zero-order chi connectivity index (χ0) is 29.5. The van der Waals surface area contributed by atoms with Crippen LogP contribution in [-0.2, 0) is 0 Å². The molecule has 0 atom stereocenters. The van der Waals surface area contributed by atoms with Crippen LogP contribution >= 0.6 is 11.3 Å². The predicted molar refractivity (Wildman–Crippen MR) is 189 cm³/mol. The van der Waals surface area contributed by atoms with E-state index in [1.807, 2.05) is 6.20 Å². The van der Waals surface area contributed by atoms with Gasteiger partial charge in [-0.15, -0.1) is 11.3 Å². The van der Waals surface area contributed by atoms with Gasteiger partial charge in [0.15, 0.2) is 5.82 Å². The molecule has 6 aromatic carbocycles. The zero-order valence-electron chi connectivity index (χ0n) is 24.1. The number of hydrogen-bond acceptors (Lipinski definition) is 3. The third kappa shape index (κ3) is 3.53. The van der Waals surface area contributed by atoms with Crippen molar-refractivity contribution < 1.29 is 0 Å². The van der Waals surface area contributed by atoms with Gasteiger partial charge in [0.1, 0.15) is 4.83 Å². The molecule has 4 aromatic heterocycles. The molecule has 0 unspecified atom stereocenters. The zero-order valence-corrected chi connectivity index (χ0v) is 24.9. The molecule has 10 rings (SSSR count). The fraction of sp³-hybridized carbons (Fsp3) is 0. The van der Waals surface area contributed by atoms with Crippen LogP contribution in [0, 0.1) is 0 Å². The van der Waals surface area contributed by atoms with Gasteiger partial charge in [0.25, 0.3) is 0 Å². The minimum absolute atomic E-state index is 0.746. The lowest BCUT2D eigenvalue weighted by atomic mass is 10.0. The summed E-state index contributed by atoms with van der Waals surface area (Å²) in [6, 6.07) is 49.8. The van der Waals surface area contributed by atoms with E-state index in [-0.39, 0.29) is 0 Å². The maximum atomic E-state index is 5.09. The number of aromatic nitrogens is 4. The second-order valence-electron chi connectivity index (χ2n) is 11.5. The average molecular weight is 593 g/mol. The van der Waals surface area contributed by atoms with E-state index >= 15 is 0 Å². The number of thiophene rings is 1. The van der Waals surface area contributed by atoms with Crippen molar-refractivity contribution in [1.82, 2.24) is 19.1 Å². The molecule has 5 heteroatoms. The molecule has 0 saturated carbocycles. The number of nitrogens with zero attached hydrogens (tertiary/aromatic N) is 4. The fourth-order valence-corrected chi connectivity index (χ4v) is 8.12. The van der Waals surface area contributed by atoms with Gasteiger partial charge in [-0.2, -0.15) is 0 Å². The Bertz CT molecular complexity index is 2750. The summed E-state index contributed by atoms with van der Waals surface area (Å²) < 4.78 is 6.01. The Labute approximate surface area is 262 Å². The van der Waals surface area contributed by atoms with E-state index in [1.54, 1.807) is 11.3 Å². The largest absolute Gasteiger partial charge is 0.309 e. The first-order valence-corrected chi connectivity index (χ1v) is 15.9. The number of benzene rings is 6. The van der Waals surface area contributed by atoms with Gasteiger partial charge in [-0.05, 0) is 66.7 Å². The molecular formula is C40H24N4S. The van der Waals surface area contributed by atoms with E-state index in [1.165, 1.54) is 48.2 Å². The highest BCUT2D eigenvalue weighted by molar-refractivity contribution is 7.25. The van der Waals surface area contributed by atoms with Crippen LogP contribution in [0.4, 0.5) is 0 Å². The summed E-state index contributed by atoms with van der Waals surface area (Å²) in [6.07, 6.45) is 1.99. The first kappa shape index (κ1) is 24.6. The highest BCUT2D eigenvalue weighted by atomic mass is 32.1. The summed E-state index contributed by atoms with van der Waals surface area (Å²) in [5.41, 5.74) is 8.03. The van der Waals surface area contributed by atoms with Crippen molar-refractivity contribution in [3.05, 3.63) is 146 Å². The number of rotatable bonds is 3. The molecule has 0 radical (unpaired) electrons. The van der Waals surface area contributed by atoms with Crippen LogP contribution in [0.2, 0.25) is 0 Å². The van der Waals surface area contributed by atoms with Crippen molar-refractivity contribution in [2.24, 2.45) is 0 Å². The van der Waals surface area contributed by atoms with Crippen molar-refractivity contribution in [1.29, 1.82) is 0 Å². The van der Waals surface area contributed by atoms with Crippen molar-refractivity contribution in [2.45, 2.75) is 0 Å². The van der Waals surface area contributed by atoms with Crippen molar-refractivity contribution in [3.8, 4) is 22.8 Å². The minimum Gasteiger partial charge on any atom is -0.309 e. The van der Waals surface area contributed by atoms with E-state index in [0.29, 0.717) is 0 Å². The molecule has 0 spiro atoms. The summed E-state index contributed by atoms with van der Waals surface area (Å²) in [6.45, 7) is 0. The standard InChI is InChI=1S/C40H24N4S/c1-3-11-26(12-4-1)43-32-17-9-7-16-29(32)37-34(43)21-22-35-38(37)30-23-25(19-20-33(30)44(35)27-13-5-2-6-14-27)39-41-24-31-28-15-8-10-18-36(28)45-40(31)42-39/h1-24H. The molecule has 0 aliphatic heterocycles. The van der Waals surface area contributed by atoms with Crippen LogP contribution < -0.4 is 0 Å². The van der Waals surface area contributed by atoms with E-state index in [0.717, 1.165) is 38.5 Å². The summed E-state index contributed by atoms with van der Waals surface area (Å²) in [5.74, 6) is 0.746. The first-order chi connectivity index (χ1) is 22.3. The summed E-state index contributed by atoms with van der Waals surface area (Å²) in [5, 5.41) is 7.24. The highest BCUT2D eigenvalue weighted by Gasteiger charge is 2.21. The Balaban J connectivity index is 1.32. The smallest absolute Gasteiger partial charge is 0.160 e. The Morgan fingerprint density at radius 2 is 1.04 bits per heavy atom. The van der Waals surface area contributed by atoms with Gasteiger partial charge in [0.05, 0.1) is 22.1 Å². The molecule has 0 bridgehead atoms. The Morgan fingerprint density at radius 1 is 0.467 bits per heavy atom. The predicted octanol–water partition coefficient (Wildman–Crippen LogP) is 10.7. The summed E-state index contributed by atoms with van der Waals surface area (Å²) in [4.78, 5) is 11.0. The number of hydrogen-bond donors (Lipinski definition) is 0. The van der Waals surface area contributed by atoms with Crippen LogP contribution in [0.15, 0.2) is 146 Å². The molecule has 0 aliphatic carbocycles. The van der Waals surface area contributed by atoms with E-state index in [2.05, 4.69) is 149 Å². The molecule has 10 aromatic rings. The Kier molecular flexibility index (Phi) is 5.12. The molecule has 4 heterocycles. The van der Waals surface area contributed by atoms with Crippen LogP contribution in [0.5, 0.6) is 0 Å². The van der Waals surface area contributed by atoms with Gasteiger partial charge < -0.3 is 9.13 Å². The molecule has 0 fully saturated rings. The SMILES string of the molecule is c1ccc(-n2c3ccccc3c3c4c5cc(-c6ncc7c(n6)sc6ccccc67)ccc5n(-c5ccccc5)c4ccc32)cc1. The lowest BCUT2D eigenvalue weighted by Gasteiger charge is -2.09. The molecule has 0 aliphatic rings. The Hall–Kier alpha value is -5.78. The molecule has 210 valence electrons. The normalized spacial score (nSPS) is 12.0. The quantitative estimate of drug-likeness (QED) is 0.205. The van der Waals surface area contributed by atoms with Crippen molar-refractivity contribution in [2.75, 3.05) is 0 Å². The van der Waals surface area contributed by atoms with E-state index in [9.17, 15) is 0 Å². The monoisotopic (exact) mass is 592 g/mol. The first-order valence-electron chi connectivity index (χ1n) is 15.1. The molecule has 0 saturated heterocycles. The van der Waals surface area contributed by atoms with Crippen LogP contribution in [0.3, 0.4) is 0 Å². The third-order valence-corrected chi connectivity index (χ3v) is 10.1. The molecule has 0 amide bonds. The third-order valence-electron chi connectivity index (χ3n) is 8.99. The van der Waals surface area contributed by atoms with Gasteiger partial charge >= 0.3 is 0 Å². The van der Waals surface area contributed by atoms with Crippen LogP contribution in [0.25, 0.3) is 86.7 Å². The van der Waals surface area contributed by atoms with Crippen LogP contribution in [-0.4, -0.2) is 19.1 Å². The van der Waals surface area contributed by atoms with Crippen molar-refractivity contribution in [3.63, 3.8) is 0 Å². The fourth-order valence-electron chi connectivity index (χ4n) is 7.07. The minimum atomic E-state index is 0.746. The second-order valence-corrected chi connectivity index (χ2v) is 12.5. The van der Waals surface area contributed by atoms with Gasteiger partial charge in [-0.25, -0.2) is 9.97 Å². The number of para-hydroxylation sites is 3. The molecule has 45 heavy (non-hydrogen) atoms. The van der Waals surface area contributed by atoms with E-state index < -0.39 is 0 Å². The summed E-state index contributed by atoms with van der Waals surface area (Å²) in [7, 11) is 0.